The molecule has 6 heteroatoms. The molecule has 0 radical (unpaired) electrons. The highest BCUT2D eigenvalue weighted by Gasteiger charge is 2.18. The first-order valence-corrected chi connectivity index (χ1v) is 11.4. The molecule has 1 aliphatic rings. The van der Waals surface area contributed by atoms with Gasteiger partial charge < -0.3 is 4.57 Å². The molecule has 4 aromatic rings. The predicted octanol–water partition coefficient (Wildman–Crippen LogP) is 5.82. The van der Waals surface area contributed by atoms with Gasteiger partial charge in [-0.2, -0.15) is 5.10 Å². The molecule has 0 saturated carbocycles. The Morgan fingerprint density at radius 2 is 1.97 bits per heavy atom. The standard InChI is InChI=1S/C25H25ClN4O/c1-2-21-23(18-8-10-19(26)11-9-18)24-27-16-20-22(30(24)28-21)13-15-29(25(20)31)14-12-17-6-4-3-5-7-17/h6,8-11,13,15-16H,2-5,7,12,14H2,1H3. The van der Waals surface area contributed by atoms with Crippen LogP contribution in [0.2, 0.25) is 5.02 Å². The Hall–Kier alpha value is -2.92. The second-order valence-corrected chi connectivity index (χ2v) is 8.58. The molecule has 31 heavy (non-hydrogen) atoms. The lowest BCUT2D eigenvalue weighted by Gasteiger charge is -2.13. The highest BCUT2D eigenvalue weighted by atomic mass is 35.5. The summed E-state index contributed by atoms with van der Waals surface area (Å²) in [4.78, 5) is 17.8. The van der Waals surface area contributed by atoms with Gasteiger partial charge in [-0.25, -0.2) is 9.50 Å². The SMILES string of the molecule is CCc1nn2c(ncc3c(=O)n(CCC4=CCCCC4)ccc32)c1-c1ccc(Cl)cc1. The number of aryl methyl sites for hydroxylation is 2. The van der Waals surface area contributed by atoms with E-state index in [0.29, 0.717) is 17.0 Å². The van der Waals surface area contributed by atoms with Crippen molar-refractivity contribution in [1.29, 1.82) is 0 Å². The minimum atomic E-state index is -0.00935. The van der Waals surface area contributed by atoms with Crippen LogP contribution in [0.3, 0.4) is 0 Å². The molecule has 0 saturated heterocycles. The van der Waals surface area contributed by atoms with Gasteiger partial charge in [-0.15, -0.1) is 0 Å². The lowest BCUT2D eigenvalue weighted by Crippen LogP contribution is -2.21. The zero-order valence-corrected chi connectivity index (χ0v) is 18.4. The quantitative estimate of drug-likeness (QED) is 0.373. The van der Waals surface area contributed by atoms with Gasteiger partial charge in [0.2, 0.25) is 0 Å². The first-order valence-electron chi connectivity index (χ1n) is 11.0. The first kappa shape index (κ1) is 20.0. The summed E-state index contributed by atoms with van der Waals surface area (Å²) in [5.74, 6) is 0. The number of fused-ring (bicyclic) bond motifs is 3. The molecular formula is C25H25ClN4O. The van der Waals surface area contributed by atoms with Crippen LogP contribution in [0.4, 0.5) is 0 Å². The Balaban J connectivity index is 1.59. The Bertz CT molecular complexity index is 1350. The van der Waals surface area contributed by atoms with Crippen LogP contribution in [0.15, 0.2) is 59.2 Å². The average molecular weight is 433 g/mol. The van der Waals surface area contributed by atoms with Crippen LogP contribution in [0, 0.1) is 0 Å². The molecule has 1 aliphatic carbocycles. The summed E-state index contributed by atoms with van der Waals surface area (Å²) in [6.07, 6.45) is 12.5. The van der Waals surface area contributed by atoms with Gasteiger partial charge in [0.05, 0.1) is 16.6 Å². The molecule has 0 N–H and O–H groups in total. The molecule has 3 aromatic heterocycles. The number of rotatable bonds is 5. The van der Waals surface area contributed by atoms with Crippen molar-refractivity contribution in [1.82, 2.24) is 19.2 Å². The normalized spacial score (nSPS) is 14.3. The molecule has 5 rings (SSSR count). The molecule has 3 heterocycles. The lowest BCUT2D eigenvalue weighted by molar-refractivity contribution is 0.616. The maximum absolute atomic E-state index is 13.2. The molecule has 5 nitrogen and oxygen atoms in total. The largest absolute Gasteiger partial charge is 0.315 e. The number of allylic oxidation sites excluding steroid dienone is 2. The van der Waals surface area contributed by atoms with E-state index in [-0.39, 0.29) is 5.56 Å². The second kappa shape index (κ2) is 8.31. The summed E-state index contributed by atoms with van der Waals surface area (Å²) in [6, 6.07) is 9.71. The smallest absolute Gasteiger partial charge is 0.261 e. The number of halogens is 1. The zero-order valence-electron chi connectivity index (χ0n) is 17.6. The van der Waals surface area contributed by atoms with Crippen LogP contribution < -0.4 is 5.56 Å². The van der Waals surface area contributed by atoms with Crippen LogP contribution in [-0.2, 0) is 13.0 Å². The summed E-state index contributed by atoms with van der Waals surface area (Å²) < 4.78 is 3.61. The molecule has 0 unspecified atom stereocenters. The van der Waals surface area contributed by atoms with E-state index in [0.717, 1.165) is 47.2 Å². The van der Waals surface area contributed by atoms with Gasteiger partial charge in [0.15, 0.2) is 5.65 Å². The van der Waals surface area contributed by atoms with Crippen LogP contribution in [0.5, 0.6) is 0 Å². The van der Waals surface area contributed by atoms with Crippen molar-refractivity contribution in [3.05, 3.63) is 75.4 Å². The van der Waals surface area contributed by atoms with E-state index in [9.17, 15) is 4.79 Å². The van der Waals surface area contributed by atoms with E-state index in [1.807, 2.05) is 41.0 Å². The van der Waals surface area contributed by atoms with Gasteiger partial charge in [0.1, 0.15) is 0 Å². The fourth-order valence-corrected chi connectivity index (χ4v) is 4.61. The van der Waals surface area contributed by atoms with Crippen LogP contribution in [0.1, 0.15) is 44.7 Å². The van der Waals surface area contributed by atoms with Gasteiger partial charge in [-0.05, 0) is 62.3 Å². The summed E-state index contributed by atoms with van der Waals surface area (Å²) in [6.45, 7) is 2.78. The van der Waals surface area contributed by atoms with Gasteiger partial charge in [-0.1, -0.05) is 42.3 Å². The van der Waals surface area contributed by atoms with E-state index >= 15 is 0 Å². The van der Waals surface area contributed by atoms with Gasteiger partial charge in [-0.3, -0.25) is 4.79 Å². The van der Waals surface area contributed by atoms with Gasteiger partial charge in [0, 0.05) is 29.5 Å². The Morgan fingerprint density at radius 3 is 2.71 bits per heavy atom. The highest BCUT2D eigenvalue weighted by Crippen LogP contribution is 2.30. The average Bonchev–Trinajstić information content (AvgIpc) is 3.19. The van der Waals surface area contributed by atoms with Crippen molar-refractivity contribution in [3.8, 4) is 11.1 Å². The number of hydrogen-bond acceptors (Lipinski definition) is 3. The summed E-state index contributed by atoms with van der Waals surface area (Å²) in [7, 11) is 0. The van der Waals surface area contributed by atoms with E-state index in [2.05, 4.69) is 18.0 Å². The number of nitrogens with zero attached hydrogens (tertiary/aromatic N) is 4. The Labute approximate surface area is 186 Å². The third kappa shape index (κ3) is 3.68. The van der Waals surface area contributed by atoms with E-state index in [1.54, 1.807) is 10.8 Å². The topological polar surface area (TPSA) is 52.2 Å². The highest BCUT2D eigenvalue weighted by molar-refractivity contribution is 6.30. The second-order valence-electron chi connectivity index (χ2n) is 8.15. The van der Waals surface area contributed by atoms with Crippen molar-refractivity contribution in [2.45, 2.75) is 52.0 Å². The molecule has 0 bridgehead atoms. The fraction of sp³-hybridized carbons (Fsp3) is 0.320. The maximum atomic E-state index is 13.2. The third-order valence-electron chi connectivity index (χ3n) is 6.18. The van der Waals surface area contributed by atoms with Gasteiger partial charge in [0.25, 0.3) is 5.56 Å². The van der Waals surface area contributed by atoms with E-state index < -0.39 is 0 Å². The fourth-order valence-electron chi connectivity index (χ4n) is 4.49. The summed E-state index contributed by atoms with van der Waals surface area (Å²) >= 11 is 6.07. The molecule has 0 atom stereocenters. The minimum Gasteiger partial charge on any atom is -0.315 e. The van der Waals surface area contributed by atoms with Crippen molar-refractivity contribution in [2.75, 3.05) is 0 Å². The number of aromatic nitrogens is 4. The van der Waals surface area contributed by atoms with Crippen LogP contribution in [-0.4, -0.2) is 19.2 Å². The predicted molar refractivity (Wildman–Crippen MR) is 126 cm³/mol. The maximum Gasteiger partial charge on any atom is 0.261 e. The first-order chi connectivity index (χ1) is 15.2. The van der Waals surface area contributed by atoms with Crippen LogP contribution >= 0.6 is 11.6 Å². The minimum absolute atomic E-state index is 0.00935. The molecule has 0 amide bonds. The lowest BCUT2D eigenvalue weighted by atomic mass is 9.97. The van der Waals surface area contributed by atoms with Crippen molar-refractivity contribution in [3.63, 3.8) is 0 Å². The number of hydrogen-bond donors (Lipinski definition) is 0. The number of pyridine rings is 1. The summed E-state index contributed by atoms with van der Waals surface area (Å²) in [5, 5.41) is 6.11. The van der Waals surface area contributed by atoms with E-state index in [1.165, 1.54) is 24.8 Å². The van der Waals surface area contributed by atoms with Crippen molar-refractivity contribution < 1.29 is 0 Å². The molecular weight excluding hydrogens is 408 g/mol. The van der Waals surface area contributed by atoms with E-state index in [4.69, 9.17) is 16.7 Å². The van der Waals surface area contributed by atoms with Crippen molar-refractivity contribution >= 4 is 28.2 Å². The molecule has 0 fully saturated rings. The third-order valence-corrected chi connectivity index (χ3v) is 6.44. The monoisotopic (exact) mass is 432 g/mol. The zero-order chi connectivity index (χ0) is 21.4. The molecule has 0 aliphatic heterocycles. The summed E-state index contributed by atoms with van der Waals surface area (Å²) in [5.41, 5.74) is 5.99. The van der Waals surface area contributed by atoms with Gasteiger partial charge >= 0.3 is 0 Å². The molecule has 1 aromatic carbocycles. The Morgan fingerprint density at radius 1 is 1.13 bits per heavy atom. The molecule has 158 valence electrons. The van der Waals surface area contributed by atoms with Crippen LogP contribution in [0.25, 0.3) is 27.7 Å². The Kier molecular flexibility index (Phi) is 5.36. The molecule has 0 spiro atoms. The van der Waals surface area contributed by atoms with Crippen molar-refractivity contribution in [2.24, 2.45) is 0 Å². The number of benzene rings is 1.